The zero-order valence-electron chi connectivity index (χ0n) is 8.69. The molecule has 0 fully saturated rings. The number of hydrogen-bond acceptors (Lipinski definition) is 4. The van der Waals surface area contributed by atoms with Crippen molar-refractivity contribution in [2.75, 3.05) is 0 Å². The van der Waals surface area contributed by atoms with Crippen LogP contribution in [-0.2, 0) is 0 Å². The van der Waals surface area contributed by atoms with Gasteiger partial charge in [-0.25, -0.2) is 24.3 Å². The van der Waals surface area contributed by atoms with Crippen LogP contribution < -0.4 is 0 Å². The van der Waals surface area contributed by atoms with E-state index in [1.54, 1.807) is 0 Å². The lowest BCUT2D eigenvalue weighted by Crippen LogP contribution is -2.05. The van der Waals surface area contributed by atoms with Crippen LogP contribution in [-0.4, -0.2) is 35.7 Å². The van der Waals surface area contributed by atoms with Crippen LogP contribution in [0.5, 0.6) is 0 Å². The molecule has 7 nitrogen and oxygen atoms in total. The molecule has 0 bridgehead atoms. The monoisotopic (exact) mass is 231 g/mol. The Morgan fingerprint density at radius 1 is 1.29 bits per heavy atom. The Kier molecular flexibility index (Phi) is 3.10. The quantitative estimate of drug-likeness (QED) is 0.609. The molecule has 0 saturated heterocycles. The van der Waals surface area contributed by atoms with Gasteiger partial charge in [0.15, 0.2) is 5.65 Å². The van der Waals surface area contributed by atoms with E-state index in [-0.39, 0.29) is 0 Å². The number of rotatable bonds is 0. The van der Waals surface area contributed by atoms with Crippen molar-refractivity contribution in [1.29, 1.82) is 0 Å². The molecule has 17 heavy (non-hydrogen) atoms. The van der Waals surface area contributed by atoms with Crippen LogP contribution in [0.25, 0.3) is 11.2 Å². The Morgan fingerprint density at radius 3 is 2.65 bits per heavy atom. The number of aromatic amines is 1. The minimum absolute atomic E-state index is 0.382. The van der Waals surface area contributed by atoms with Gasteiger partial charge >= 0.3 is 6.09 Å². The van der Waals surface area contributed by atoms with Gasteiger partial charge < -0.3 is 10.1 Å². The van der Waals surface area contributed by atoms with E-state index < -0.39 is 6.09 Å². The van der Waals surface area contributed by atoms with Crippen LogP contribution in [0.3, 0.4) is 0 Å². The first-order valence-corrected chi connectivity index (χ1v) is 4.73. The summed E-state index contributed by atoms with van der Waals surface area (Å²) in [5.41, 5.74) is 0.775. The average Bonchev–Trinajstić information content (AvgIpc) is 3.02. The summed E-state index contributed by atoms with van der Waals surface area (Å²) in [6.07, 6.45) is 6.58. The van der Waals surface area contributed by atoms with Crippen molar-refractivity contribution in [1.82, 2.24) is 24.5 Å². The summed E-state index contributed by atoms with van der Waals surface area (Å²) in [6.45, 7) is 0. The Balaban J connectivity index is 0.000000181. The van der Waals surface area contributed by atoms with Gasteiger partial charge in [-0.3, -0.25) is 0 Å². The summed E-state index contributed by atoms with van der Waals surface area (Å²) >= 11 is 0. The van der Waals surface area contributed by atoms with Crippen LogP contribution in [0, 0.1) is 0 Å². The SMILES string of the molecule is O=C(O)n1cnc2ncncc21.c1cc[nH]c1. The zero-order chi connectivity index (χ0) is 12.1. The van der Waals surface area contributed by atoms with Gasteiger partial charge in [-0.05, 0) is 12.1 Å². The van der Waals surface area contributed by atoms with E-state index in [1.807, 2.05) is 24.5 Å². The minimum atomic E-state index is -1.09. The largest absolute Gasteiger partial charge is 0.464 e. The lowest BCUT2D eigenvalue weighted by molar-refractivity contribution is 0.197. The summed E-state index contributed by atoms with van der Waals surface area (Å²) < 4.78 is 0.968. The van der Waals surface area contributed by atoms with Gasteiger partial charge in [-0.2, -0.15) is 0 Å². The normalized spacial score (nSPS) is 9.65. The number of H-pyrrole nitrogens is 1. The molecule has 0 spiro atoms. The van der Waals surface area contributed by atoms with E-state index in [1.165, 1.54) is 18.9 Å². The number of aromatic nitrogens is 5. The molecule has 3 rings (SSSR count). The fourth-order valence-electron chi connectivity index (χ4n) is 1.19. The van der Waals surface area contributed by atoms with E-state index in [0.717, 1.165) is 4.57 Å². The van der Waals surface area contributed by atoms with Crippen molar-refractivity contribution in [3.05, 3.63) is 43.4 Å². The molecule has 0 aliphatic carbocycles. The fraction of sp³-hybridized carbons (Fsp3) is 0. The lowest BCUT2D eigenvalue weighted by atomic mass is 10.5. The third-order valence-electron chi connectivity index (χ3n) is 1.93. The Bertz CT molecular complexity index is 585. The Labute approximate surface area is 95.8 Å². The molecule has 2 N–H and O–H groups in total. The summed E-state index contributed by atoms with van der Waals surface area (Å²) in [4.78, 5) is 24.6. The molecule has 3 aromatic heterocycles. The first-order valence-electron chi connectivity index (χ1n) is 4.73. The number of nitrogens with one attached hydrogen (secondary N) is 1. The van der Waals surface area contributed by atoms with Gasteiger partial charge in [0.2, 0.25) is 0 Å². The minimum Gasteiger partial charge on any atom is -0.464 e. The Morgan fingerprint density at radius 2 is 2.06 bits per heavy atom. The van der Waals surface area contributed by atoms with Crippen molar-refractivity contribution in [2.45, 2.75) is 0 Å². The van der Waals surface area contributed by atoms with E-state index in [4.69, 9.17) is 5.11 Å². The van der Waals surface area contributed by atoms with Crippen molar-refractivity contribution < 1.29 is 9.90 Å². The maximum Gasteiger partial charge on any atom is 0.417 e. The molecule has 3 aromatic rings. The number of fused-ring (bicyclic) bond motifs is 1. The van der Waals surface area contributed by atoms with Crippen LogP contribution in [0.4, 0.5) is 4.79 Å². The number of imidazole rings is 1. The van der Waals surface area contributed by atoms with Gasteiger partial charge in [0, 0.05) is 12.4 Å². The molecule has 0 saturated carbocycles. The van der Waals surface area contributed by atoms with E-state index in [0.29, 0.717) is 11.2 Å². The molecule has 7 heteroatoms. The van der Waals surface area contributed by atoms with Crippen LogP contribution in [0.2, 0.25) is 0 Å². The van der Waals surface area contributed by atoms with Gasteiger partial charge in [0.25, 0.3) is 0 Å². The molecular weight excluding hydrogens is 222 g/mol. The van der Waals surface area contributed by atoms with Gasteiger partial charge in [0.05, 0.1) is 6.20 Å². The first-order chi connectivity index (χ1) is 8.29. The second-order valence-corrected chi connectivity index (χ2v) is 3.01. The maximum absolute atomic E-state index is 10.5. The van der Waals surface area contributed by atoms with E-state index in [2.05, 4.69) is 19.9 Å². The standard InChI is InChI=1S/C6H4N4O2.C4H5N/c11-6(12)10-3-9-5-4(10)1-7-2-8-5;1-2-4-5-3-1/h1-3H,(H,11,12);1-5H. The number of hydrogen-bond donors (Lipinski definition) is 2. The third-order valence-corrected chi connectivity index (χ3v) is 1.93. The molecule has 0 aromatic carbocycles. The van der Waals surface area contributed by atoms with Gasteiger partial charge in [-0.15, -0.1) is 0 Å². The van der Waals surface area contributed by atoms with Crippen molar-refractivity contribution in [2.24, 2.45) is 0 Å². The molecule has 0 amide bonds. The molecule has 0 atom stereocenters. The molecule has 86 valence electrons. The van der Waals surface area contributed by atoms with Crippen LogP contribution in [0.1, 0.15) is 0 Å². The highest BCUT2D eigenvalue weighted by molar-refractivity contribution is 5.82. The highest BCUT2D eigenvalue weighted by Crippen LogP contribution is 2.06. The third kappa shape index (κ3) is 2.46. The van der Waals surface area contributed by atoms with Crippen molar-refractivity contribution >= 4 is 17.3 Å². The molecule has 0 radical (unpaired) electrons. The van der Waals surface area contributed by atoms with Gasteiger partial charge in [-0.1, -0.05) is 0 Å². The number of carbonyl (C=O) groups is 1. The van der Waals surface area contributed by atoms with Gasteiger partial charge in [0.1, 0.15) is 18.2 Å². The lowest BCUT2D eigenvalue weighted by Gasteiger charge is -1.92. The highest BCUT2D eigenvalue weighted by atomic mass is 16.4. The molecular formula is C10H9N5O2. The van der Waals surface area contributed by atoms with Crippen LogP contribution >= 0.6 is 0 Å². The highest BCUT2D eigenvalue weighted by Gasteiger charge is 2.07. The summed E-state index contributed by atoms with van der Waals surface area (Å²) in [7, 11) is 0. The number of carboxylic acid groups (broad SMARTS) is 1. The fourth-order valence-corrected chi connectivity index (χ4v) is 1.19. The topological polar surface area (TPSA) is 96.7 Å². The molecule has 3 heterocycles. The predicted octanol–water partition coefficient (Wildman–Crippen LogP) is 1.37. The zero-order valence-corrected chi connectivity index (χ0v) is 8.69. The second kappa shape index (κ2) is 4.88. The van der Waals surface area contributed by atoms with E-state index in [9.17, 15) is 4.79 Å². The molecule has 0 aliphatic heterocycles. The summed E-state index contributed by atoms with van der Waals surface area (Å²) in [5, 5.41) is 8.64. The smallest absolute Gasteiger partial charge is 0.417 e. The summed E-state index contributed by atoms with van der Waals surface area (Å²) in [6, 6.07) is 3.89. The second-order valence-electron chi connectivity index (χ2n) is 3.01. The van der Waals surface area contributed by atoms with Crippen molar-refractivity contribution in [3.8, 4) is 0 Å². The van der Waals surface area contributed by atoms with Crippen LogP contribution in [0.15, 0.2) is 43.4 Å². The average molecular weight is 231 g/mol. The first kappa shape index (κ1) is 10.8. The van der Waals surface area contributed by atoms with E-state index >= 15 is 0 Å². The summed E-state index contributed by atoms with van der Waals surface area (Å²) in [5.74, 6) is 0. The predicted molar refractivity (Wildman–Crippen MR) is 59.5 cm³/mol. The maximum atomic E-state index is 10.5. The molecule has 0 aliphatic rings. The van der Waals surface area contributed by atoms with Crippen molar-refractivity contribution in [3.63, 3.8) is 0 Å². The Hall–Kier alpha value is -2.70. The number of nitrogens with zero attached hydrogens (tertiary/aromatic N) is 4. The molecule has 0 unspecified atom stereocenters.